The highest BCUT2D eigenvalue weighted by Crippen LogP contribution is 2.15. The molecule has 2 heterocycles. The summed E-state index contributed by atoms with van der Waals surface area (Å²) in [6.07, 6.45) is 5.51. The van der Waals surface area contributed by atoms with Crippen molar-refractivity contribution in [2.24, 2.45) is 0 Å². The average molecular weight is 292 g/mol. The molecule has 0 radical (unpaired) electrons. The smallest absolute Gasteiger partial charge is 0.245 e. The molecule has 1 fully saturated rings. The Morgan fingerprint density at radius 2 is 1.86 bits per heavy atom. The van der Waals surface area contributed by atoms with Crippen molar-refractivity contribution in [3.05, 3.63) is 18.2 Å². The van der Waals surface area contributed by atoms with E-state index in [1.165, 1.54) is 0 Å². The van der Waals surface area contributed by atoms with E-state index >= 15 is 0 Å². The van der Waals surface area contributed by atoms with E-state index in [1.807, 2.05) is 22.6 Å². The third-order valence-corrected chi connectivity index (χ3v) is 4.03. The molecule has 6 nitrogen and oxygen atoms in total. The third kappa shape index (κ3) is 3.43. The van der Waals surface area contributed by atoms with Gasteiger partial charge >= 0.3 is 0 Å². The predicted molar refractivity (Wildman–Crippen MR) is 79.8 cm³/mol. The minimum absolute atomic E-state index is 0.0787. The Bertz CT molecular complexity index is 504. The van der Waals surface area contributed by atoms with Gasteiger partial charge in [-0.05, 0) is 13.3 Å². The fraction of sp³-hybridized carbons (Fsp3) is 0.667. The van der Waals surface area contributed by atoms with Gasteiger partial charge in [-0.15, -0.1) is 0 Å². The number of hydrogen-bond donors (Lipinski definition) is 0. The zero-order chi connectivity index (χ0) is 15.4. The molecule has 21 heavy (non-hydrogen) atoms. The summed E-state index contributed by atoms with van der Waals surface area (Å²) in [5, 5.41) is 0. The van der Waals surface area contributed by atoms with Crippen molar-refractivity contribution in [2.75, 3.05) is 26.2 Å². The van der Waals surface area contributed by atoms with Crippen LogP contribution in [0.3, 0.4) is 0 Å². The molecule has 1 aromatic heterocycles. The Hall–Kier alpha value is -1.85. The Kier molecular flexibility index (Phi) is 4.98. The highest BCUT2D eigenvalue weighted by molar-refractivity contribution is 5.80. The SMILES string of the molecule is CCCc1nccn1C(C)C(=O)N1CCN(C(C)=O)CC1. The number of rotatable bonds is 4. The van der Waals surface area contributed by atoms with Crippen LogP contribution in [0, 0.1) is 0 Å². The topological polar surface area (TPSA) is 58.4 Å². The number of aromatic nitrogens is 2. The molecule has 1 aliphatic rings. The lowest BCUT2D eigenvalue weighted by molar-refractivity contribution is -0.140. The van der Waals surface area contributed by atoms with Crippen molar-refractivity contribution in [3.63, 3.8) is 0 Å². The summed E-state index contributed by atoms with van der Waals surface area (Å²) in [6, 6.07) is -0.238. The first-order valence-corrected chi connectivity index (χ1v) is 7.60. The number of imidazole rings is 1. The van der Waals surface area contributed by atoms with Crippen LogP contribution < -0.4 is 0 Å². The van der Waals surface area contributed by atoms with Crippen molar-refractivity contribution >= 4 is 11.8 Å². The van der Waals surface area contributed by atoms with Crippen LogP contribution in [0.2, 0.25) is 0 Å². The summed E-state index contributed by atoms with van der Waals surface area (Å²) in [5.41, 5.74) is 0. The van der Waals surface area contributed by atoms with Crippen LogP contribution in [0.1, 0.15) is 39.1 Å². The molecule has 1 aromatic rings. The first-order valence-electron chi connectivity index (χ1n) is 7.60. The monoisotopic (exact) mass is 292 g/mol. The number of carbonyl (C=O) groups is 2. The number of aryl methyl sites for hydroxylation is 1. The summed E-state index contributed by atoms with van der Waals surface area (Å²) in [5.74, 6) is 1.14. The molecule has 0 aliphatic carbocycles. The second-order valence-electron chi connectivity index (χ2n) is 5.51. The minimum Gasteiger partial charge on any atom is -0.339 e. The van der Waals surface area contributed by atoms with E-state index in [0.29, 0.717) is 26.2 Å². The van der Waals surface area contributed by atoms with Gasteiger partial charge < -0.3 is 14.4 Å². The summed E-state index contributed by atoms with van der Waals surface area (Å²) in [6.45, 7) is 8.07. The minimum atomic E-state index is -0.238. The van der Waals surface area contributed by atoms with Crippen molar-refractivity contribution in [2.45, 2.75) is 39.7 Å². The molecule has 0 aromatic carbocycles. The highest BCUT2D eigenvalue weighted by atomic mass is 16.2. The Balaban J connectivity index is 2.00. The molecular weight excluding hydrogens is 268 g/mol. The number of amides is 2. The Labute approximate surface area is 125 Å². The molecule has 1 unspecified atom stereocenters. The molecule has 2 amide bonds. The fourth-order valence-electron chi connectivity index (χ4n) is 2.74. The summed E-state index contributed by atoms with van der Waals surface area (Å²) >= 11 is 0. The number of hydrogen-bond acceptors (Lipinski definition) is 3. The standard InChI is InChI=1S/C15H24N4O2/c1-4-5-14-16-6-7-19(14)12(2)15(21)18-10-8-17(9-11-18)13(3)20/h6-7,12H,4-5,8-11H2,1-3H3. The van der Waals surface area contributed by atoms with Crippen molar-refractivity contribution in [1.82, 2.24) is 19.4 Å². The molecule has 0 spiro atoms. The van der Waals surface area contributed by atoms with Crippen LogP contribution in [0.4, 0.5) is 0 Å². The first-order chi connectivity index (χ1) is 10.0. The molecule has 1 atom stereocenters. The molecule has 1 aliphatic heterocycles. The van der Waals surface area contributed by atoms with Gasteiger partial charge in [0.05, 0.1) is 0 Å². The molecule has 116 valence electrons. The van der Waals surface area contributed by atoms with Gasteiger partial charge in [0.2, 0.25) is 11.8 Å². The van der Waals surface area contributed by atoms with Crippen LogP contribution >= 0.6 is 0 Å². The zero-order valence-electron chi connectivity index (χ0n) is 13.1. The molecule has 0 saturated carbocycles. The quantitative estimate of drug-likeness (QED) is 0.834. The number of nitrogens with zero attached hydrogens (tertiary/aromatic N) is 4. The van der Waals surface area contributed by atoms with Crippen LogP contribution in [0.25, 0.3) is 0 Å². The second kappa shape index (κ2) is 6.74. The molecule has 1 saturated heterocycles. The summed E-state index contributed by atoms with van der Waals surface area (Å²) in [7, 11) is 0. The lowest BCUT2D eigenvalue weighted by atomic mass is 10.2. The molecular formula is C15H24N4O2. The van der Waals surface area contributed by atoms with E-state index in [0.717, 1.165) is 18.7 Å². The maximum absolute atomic E-state index is 12.6. The van der Waals surface area contributed by atoms with E-state index in [2.05, 4.69) is 11.9 Å². The van der Waals surface area contributed by atoms with Crippen LogP contribution in [0.15, 0.2) is 12.4 Å². The predicted octanol–water partition coefficient (Wildman–Crippen LogP) is 1.09. The van der Waals surface area contributed by atoms with Crippen molar-refractivity contribution in [1.29, 1.82) is 0 Å². The second-order valence-corrected chi connectivity index (χ2v) is 5.51. The van der Waals surface area contributed by atoms with E-state index in [4.69, 9.17) is 0 Å². The first kappa shape index (κ1) is 15.5. The largest absolute Gasteiger partial charge is 0.339 e. The molecule has 0 N–H and O–H groups in total. The van der Waals surface area contributed by atoms with Gasteiger partial charge in [-0.1, -0.05) is 6.92 Å². The number of piperazine rings is 1. The van der Waals surface area contributed by atoms with Crippen molar-refractivity contribution in [3.8, 4) is 0 Å². The lowest BCUT2D eigenvalue weighted by Gasteiger charge is -2.35. The highest BCUT2D eigenvalue weighted by Gasteiger charge is 2.27. The van der Waals surface area contributed by atoms with E-state index in [1.54, 1.807) is 18.0 Å². The summed E-state index contributed by atoms with van der Waals surface area (Å²) in [4.78, 5) is 31.9. The molecule has 0 bridgehead atoms. The maximum atomic E-state index is 12.6. The van der Waals surface area contributed by atoms with Gasteiger partial charge in [-0.25, -0.2) is 4.98 Å². The van der Waals surface area contributed by atoms with Gasteiger partial charge in [-0.2, -0.15) is 0 Å². The number of carbonyl (C=O) groups excluding carboxylic acids is 2. The normalized spacial score (nSPS) is 16.9. The van der Waals surface area contributed by atoms with Crippen LogP contribution in [0.5, 0.6) is 0 Å². The van der Waals surface area contributed by atoms with E-state index < -0.39 is 0 Å². The van der Waals surface area contributed by atoms with Gasteiger partial charge in [0.15, 0.2) is 0 Å². The Morgan fingerprint density at radius 3 is 2.43 bits per heavy atom. The van der Waals surface area contributed by atoms with Gasteiger partial charge in [0.25, 0.3) is 0 Å². The maximum Gasteiger partial charge on any atom is 0.245 e. The fourth-order valence-corrected chi connectivity index (χ4v) is 2.74. The zero-order valence-corrected chi connectivity index (χ0v) is 13.1. The Morgan fingerprint density at radius 1 is 1.24 bits per heavy atom. The van der Waals surface area contributed by atoms with Crippen LogP contribution in [-0.4, -0.2) is 57.3 Å². The van der Waals surface area contributed by atoms with Crippen LogP contribution in [-0.2, 0) is 16.0 Å². The van der Waals surface area contributed by atoms with Gasteiger partial charge in [0.1, 0.15) is 11.9 Å². The van der Waals surface area contributed by atoms with Gasteiger partial charge in [-0.3, -0.25) is 9.59 Å². The van der Waals surface area contributed by atoms with E-state index in [-0.39, 0.29) is 17.9 Å². The molecule has 2 rings (SSSR count). The third-order valence-electron chi connectivity index (χ3n) is 4.03. The van der Waals surface area contributed by atoms with Crippen molar-refractivity contribution < 1.29 is 9.59 Å². The lowest BCUT2D eigenvalue weighted by Crippen LogP contribution is -2.51. The van der Waals surface area contributed by atoms with E-state index in [9.17, 15) is 9.59 Å². The molecule has 6 heteroatoms. The average Bonchev–Trinajstić information content (AvgIpc) is 2.94. The van der Waals surface area contributed by atoms with Gasteiger partial charge in [0, 0.05) is 51.9 Å². The summed E-state index contributed by atoms with van der Waals surface area (Å²) < 4.78 is 1.96.